The van der Waals surface area contributed by atoms with Crippen molar-refractivity contribution in [2.45, 2.75) is 58.2 Å². The van der Waals surface area contributed by atoms with Crippen molar-refractivity contribution in [3.05, 3.63) is 41.7 Å². The fraction of sp³-hybridized carbons (Fsp3) is 0.520. The zero-order chi connectivity index (χ0) is 25.0. The zero-order valence-corrected chi connectivity index (χ0v) is 20.6. The normalized spacial score (nSPS) is 19.3. The van der Waals surface area contributed by atoms with Crippen LogP contribution in [0, 0.1) is 0 Å². The average molecular weight is 479 g/mol. The summed E-state index contributed by atoms with van der Waals surface area (Å²) in [5.74, 6) is 1.02. The van der Waals surface area contributed by atoms with Crippen LogP contribution in [0.25, 0.3) is 16.9 Å². The molecule has 2 aromatic heterocycles. The number of hydrogen-bond donors (Lipinski definition) is 0. The van der Waals surface area contributed by atoms with E-state index in [1.807, 2.05) is 13.8 Å². The minimum atomic E-state index is -4.58. The van der Waals surface area contributed by atoms with Gasteiger partial charge in [0.1, 0.15) is 0 Å². The first-order valence-corrected chi connectivity index (χ1v) is 11.6. The second-order valence-corrected chi connectivity index (χ2v) is 8.33. The molecule has 1 aromatic carbocycles. The molecule has 3 aromatic rings. The fourth-order valence-corrected chi connectivity index (χ4v) is 4.22. The van der Waals surface area contributed by atoms with Gasteiger partial charge in [-0.1, -0.05) is 13.8 Å². The van der Waals surface area contributed by atoms with Crippen molar-refractivity contribution in [2.75, 3.05) is 27.8 Å². The van der Waals surface area contributed by atoms with E-state index in [1.165, 1.54) is 14.2 Å². The van der Waals surface area contributed by atoms with Crippen LogP contribution in [-0.2, 0) is 6.18 Å². The molecule has 0 radical (unpaired) electrons. The summed E-state index contributed by atoms with van der Waals surface area (Å²) >= 11 is 0. The van der Waals surface area contributed by atoms with Crippen molar-refractivity contribution in [3.63, 3.8) is 0 Å². The van der Waals surface area contributed by atoms with Crippen molar-refractivity contribution in [1.82, 2.24) is 19.5 Å². The number of likely N-dealkylation sites (tertiary alicyclic amines) is 1. The summed E-state index contributed by atoms with van der Waals surface area (Å²) in [6.07, 6.45) is -1.85. The number of nitrogens with zero attached hydrogens (tertiary/aromatic N) is 4. The molecule has 1 fully saturated rings. The van der Waals surface area contributed by atoms with Gasteiger partial charge in [0.25, 0.3) is 0 Å². The van der Waals surface area contributed by atoms with Gasteiger partial charge in [0.15, 0.2) is 22.8 Å². The molecule has 6 nitrogen and oxygen atoms in total. The van der Waals surface area contributed by atoms with Gasteiger partial charge in [-0.15, -0.1) is 0 Å². The summed E-state index contributed by atoms with van der Waals surface area (Å²) in [5.41, 5.74) is 0.702. The molecule has 9 heteroatoms. The second-order valence-electron chi connectivity index (χ2n) is 8.33. The van der Waals surface area contributed by atoms with Crippen molar-refractivity contribution in [2.24, 2.45) is 0 Å². The Bertz CT molecular complexity index is 1100. The fourth-order valence-electron chi connectivity index (χ4n) is 4.22. The van der Waals surface area contributed by atoms with Gasteiger partial charge in [-0.05, 0) is 64.0 Å². The smallest absolute Gasteiger partial charge is 0.433 e. The van der Waals surface area contributed by atoms with Crippen LogP contribution in [0.5, 0.6) is 11.5 Å². The molecule has 2 unspecified atom stereocenters. The summed E-state index contributed by atoms with van der Waals surface area (Å²) in [4.78, 5) is 6.80. The molecule has 0 N–H and O–H groups in total. The van der Waals surface area contributed by atoms with Crippen LogP contribution in [0.4, 0.5) is 13.2 Å². The number of alkyl halides is 3. The van der Waals surface area contributed by atoms with Crippen molar-refractivity contribution in [3.8, 4) is 22.8 Å². The molecular formula is C25H33F3N4O2. The van der Waals surface area contributed by atoms with Crippen molar-refractivity contribution in [1.29, 1.82) is 0 Å². The molecule has 3 heterocycles. The Morgan fingerprint density at radius 1 is 0.971 bits per heavy atom. The molecule has 1 aliphatic heterocycles. The average Bonchev–Trinajstić information content (AvgIpc) is 3.19. The summed E-state index contributed by atoms with van der Waals surface area (Å²) < 4.78 is 53.3. The van der Waals surface area contributed by atoms with Crippen molar-refractivity contribution >= 4 is 5.65 Å². The summed E-state index contributed by atoms with van der Waals surface area (Å²) in [5, 5.41) is 4.36. The van der Waals surface area contributed by atoms with E-state index in [9.17, 15) is 13.2 Å². The zero-order valence-electron chi connectivity index (χ0n) is 20.6. The van der Waals surface area contributed by atoms with E-state index >= 15 is 0 Å². The van der Waals surface area contributed by atoms with E-state index in [0.29, 0.717) is 28.8 Å². The maximum absolute atomic E-state index is 14.0. The largest absolute Gasteiger partial charge is 0.493 e. The molecule has 0 spiro atoms. The van der Waals surface area contributed by atoms with Crippen LogP contribution < -0.4 is 9.47 Å². The Morgan fingerprint density at radius 3 is 2.32 bits per heavy atom. The Morgan fingerprint density at radius 2 is 1.68 bits per heavy atom. The maximum Gasteiger partial charge on any atom is 0.433 e. The molecule has 0 amide bonds. The molecule has 1 aliphatic rings. The van der Waals surface area contributed by atoms with Gasteiger partial charge < -0.3 is 14.4 Å². The SMILES string of the molecule is CC.COc1ccc(-c2cc(C(F)(F)F)n3nc(C4CCC(C)N(C)CC4)cc3n2)cc1OC. The molecule has 4 rings (SSSR count). The minimum Gasteiger partial charge on any atom is -0.493 e. The summed E-state index contributed by atoms with van der Waals surface area (Å²) in [6, 6.07) is 8.11. The van der Waals surface area contributed by atoms with E-state index in [-0.39, 0.29) is 17.3 Å². The molecule has 186 valence electrons. The highest BCUT2D eigenvalue weighted by Crippen LogP contribution is 2.37. The van der Waals surface area contributed by atoms with Crippen LogP contribution in [0.15, 0.2) is 30.3 Å². The lowest BCUT2D eigenvalue weighted by atomic mass is 9.96. The number of aromatic nitrogens is 3. The number of hydrogen-bond acceptors (Lipinski definition) is 5. The molecule has 34 heavy (non-hydrogen) atoms. The number of benzene rings is 1. The van der Waals surface area contributed by atoms with Crippen LogP contribution >= 0.6 is 0 Å². The number of ether oxygens (including phenoxy) is 2. The predicted molar refractivity (Wildman–Crippen MR) is 127 cm³/mol. The first-order chi connectivity index (χ1) is 16.2. The molecular weight excluding hydrogens is 445 g/mol. The third kappa shape index (κ3) is 5.29. The van der Waals surface area contributed by atoms with Crippen LogP contribution in [0.2, 0.25) is 0 Å². The van der Waals surface area contributed by atoms with Crippen LogP contribution in [0.1, 0.15) is 57.3 Å². The highest BCUT2D eigenvalue weighted by molar-refractivity contribution is 5.66. The van der Waals surface area contributed by atoms with Gasteiger partial charge in [0.2, 0.25) is 0 Å². The maximum atomic E-state index is 14.0. The lowest BCUT2D eigenvalue weighted by molar-refractivity contribution is -0.142. The lowest BCUT2D eigenvalue weighted by Gasteiger charge is -2.20. The second kappa shape index (κ2) is 10.6. The molecule has 0 saturated carbocycles. The third-order valence-electron chi connectivity index (χ3n) is 6.35. The number of methoxy groups -OCH3 is 2. The monoisotopic (exact) mass is 478 g/mol. The number of rotatable bonds is 4. The molecule has 0 bridgehead atoms. The first kappa shape index (κ1) is 25.8. The van der Waals surface area contributed by atoms with Gasteiger partial charge in [-0.25, -0.2) is 9.50 Å². The topological polar surface area (TPSA) is 51.9 Å². The standard InChI is InChI=1S/C23H27F3N4O2.C2H6/c1-14-5-6-15(9-10-29(14)2)18-13-22-27-17(12-21(23(24,25)26)30(22)28-18)16-7-8-19(31-3)20(11-16)32-4;1-2/h7-8,11-15H,5-6,9-10H2,1-4H3;1-2H3. The van der Waals surface area contributed by atoms with Gasteiger partial charge in [-0.2, -0.15) is 18.3 Å². The van der Waals surface area contributed by atoms with Crippen LogP contribution in [0.3, 0.4) is 0 Å². The van der Waals surface area contributed by atoms with E-state index in [4.69, 9.17) is 9.47 Å². The lowest BCUT2D eigenvalue weighted by Crippen LogP contribution is -2.27. The Balaban J connectivity index is 0.00000158. The Hall–Kier alpha value is -2.81. The third-order valence-corrected chi connectivity index (χ3v) is 6.35. The van der Waals surface area contributed by atoms with E-state index in [2.05, 4.69) is 29.0 Å². The van der Waals surface area contributed by atoms with Crippen molar-refractivity contribution < 1.29 is 22.6 Å². The highest BCUT2D eigenvalue weighted by atomic mass is 19.4. The quantitative estimate of drug-likeness (QED) is 0.457. The van der Waals surface area contributed by atoms with E-state index < -0.39 is 11.9 Å². The van der Waals surface area contributed by atoms with Crippen LogP contribution in [-0.4, -0.2) is 53.4 Å². The summed E-state index contributed by atoms with van der Waals surface area (Å²) in [7, 11) is 5.06. The predicted octanol–water partition coefficient (Wildman–Crippen LogP) is 6.05. The van der Waals surface area contributed by atoms with Gasteiger partial charge in [-0.3, -0.25) is 0 Å². The minimum absolute atomic E-state index is 0.106. The molecule has 1 saturated heterocycles. The highest BCUT2D eigenvalue weighted by Gasteiger charge is 2.36. The Kier molecular flexibility index (Phi) is 8.07. The molecule has 2 atom stereocenters. The number of fused-ring (bicyclic) bond motifs is 1. The number of halogens is 3. The molecule has 0 aliphatic carbocycles. The first-order valence-electron chi connectivity index (χ1n) is 11.6. The summed E-state index contributed by atoms with van der Waals surface area (Å²) in [6.45, 7) is 7.06. The van der Waals surface area contributed by atoms with Gasteiger partial charge in [0, 0.05) is 23.6 Å². The van der Waals surface area contributed by atoms with E-state index in [1.54, 1.807) is 24.3 Å². The van der Waals surface area contributed by atoms with E-state index in [0.717, 1.165) is 36.4 Å². The van der Waals surface area contributed by atoms with Gasteiger partial charge in [0.05, 0.1) is 25.6 Å². The Labute approximate surface area is 198 Å². The van der Waals surface area contributed by atoms with Gasteiger partial charge >= 0.3 is 6.18 Å².